The van der Waals surface area contributed by atoms with E-state index >= 15 is 0 Å². The average molecular weight is 262 g/mol. The molecule has 1 heterocycles. The lowest BCUT2D eigenvalue weighted by Gasteiger charge is -2.01. The summed E-state index contributed by atoms with van der Waals surface area (Å²) < 4.78 is 4.57. The summed E-state index contributed by atoms with van der Waals surface area (Å²) in [5.74, 6) is 0. The molecule has 0 aliphatic carbocycles. The summed E-state index contributed by atoms with van der Waals surface area (Å²) in [6, 6.07) is 7.47. The number of aromatic nitrogens is 1. The number of hydrogen-bond donors (Lipinski definition) is 1. The van der Waals surface area contributed by atoms with E-state index in [1.807, 2.05) is 6.07 Å². The molecule has 104 valence electrons. The Labute approximate surface area is 113 Å². The van der Waals surface area contributed by atoms with Gasteiger partial charge >= 0.3 is 5.63 Å². The fourth-order valence-electron chi connectivity index (χ4n) is 1.67. The first-order chi connectivity index (χ1) is 9.15. The topological polar surface area (TPSA) is 69.1 Å². The quantitative estimate of drug-likeness (QED) is 0.859. The predicted molar refractivity (Wildman–Crippen MR) is 78.1 cm³/mol. The van der Waals surface area contributed by atoms with Gasteiger partial charge in [0, 0.05) is 6.04 Å². The minimum absolute atomic E-state index is 0.337. The van der Waals surface area contributed by atoms with Crippen molar-refractivity contribution < 1.29 is 4.42 Å². The summed E-state index contributed by atoms with van der Waals surface area (Å²) in [6.45, 7) is 4.27. The summed E-state index contributed by atoms with van der Waals surface area (Å²) in [6.07, 6.45) is 6.28. The minimum Gasteiger partial charge on any atom is -0.411 e. The maximum atomic E-state index is 11.0. The van der Waals surface area contributed by atoms with Crippen LogP contribution in [0, 0.1) is 0 Å². The molecule has 1 unspecified atom stereocenters. The molecule has 19 heavy (non-hydrogen) atoms. The van der Waals surface area contributed by atoms with E-state index in [1.54, 1.807) is 18.2 Å². The SMILES string of the molecule is CCCCCC(C)N.O=c1ocnc2ccccc12. The summed E-state index contributed by atoms with van der Waals surface area (Å²) in [7, 11) is 0. The fraction of sp³-hybridized carbons (Fsp3) is 0.467. The molecule has 1 atom stereocenters. The fourth-order valence-corrected chi connectivity index (χ4v) is 1.67. The van der Waals surface area contributed by atoms with Crippen LogP contribution in [0.15, 0.2) is 39.9 Å². The van der Waals surface area contributed by atoms with E-state index in [9.17, 15) is 4.79 Å². The minimum atomic E-state index is -0.337. The number of benzene rings is 1. The molecule has 2 N–H and O–H groups in total. The molecule has 0 aliphatic rings. The molecule has 0 aliphatic heterocycles. The summed E-state index contributed by atoms with van der Waals surface area (Å²) in [4.78, 5) is 14.8. The van der Waals surface area contributed by atoms with Crippen LogP contribution >= 0.6 is 0 Å². The van der Waals surface area contributed by atoms with E-state index in [0.29, 0.717) is 16.9 Å². The lowest BCUT2D eigenvalue weighted by atomic mass is 10.1. The summed E-state index contributed by atoms with van der Waals surface area (Å²) >= 11 is 0. The Morgan fingerprint density at radius 1 is 1.32 bits per heavy atom. The Bertz CT molecular complexity index is 529. The van der Waals surface area contributed by atoms with Gasteiger partial charge in [-0.2, -0.15) is 0 Å². The van der Waals surface area contributed by atoms with Gasteiger partial charge in [0.25, 0.3) is 0 Å². The van der Waals surface area contributed by atoms with Gasteiger partial charge in [0.05, 0.1) is 10.9 Å². The number of para-hydroxylation sites is 1. The third-order valence-corrected chi connectivity index (χ3v) is 2.74. The van der Waals surface area contributed by atoms with Gasteiger partial charge in [0.15, 0.2) is 6.39 Å². The van der Waals surface area contributed by atoms with Gasteiger partial charge in [0.1, 0.15) is 0 Å². The van der Waals surface area contributed by atoms with Crippen LogP contribution in [0.3, 0.4) is 0 Å². The number of rotatable bonds is 4. The molecule has 4 heteroatoms. The third kappa shape index (κ3) is 5.66. The smallest absolute Gasteiger partial charge is 0.346 e. The lowest BCUT2D eigenvalue weighted by molar-refractivity contribution is 0.501. The van der Waals surface area contributed by atoms with Crippen molar-refractivity contribution in [1.29, 1.82) is 0 Å². The van der Waals surface area contributed by atoms with Crippen LogP contribution in [0.1, 0.15) is 39.5 Å². The Morgan fingerprint density at radius 2 is 2.05 bits per heavy atom. The van der Waals surface area contributed by atoms with Crippen LogP contribution in [0.2, 0.25) is 0 Å². The highest BCUT2D eigenvalue weighted by atomic mass is 16.4. The first-order valence-corrected chi connectivity index (χ1v) is 6.73. The number of fused-ring (bicyclic) bond motifs is 1. The molecule has 4 nitrogen and oxygen atoms in total. The van der Waals surface area contributed by atoms with Crippen LogP contribution in [-0.2, 0) is 0 Å². The molecule has 0 amide bonds. The van der Waals surface area contributed by atoms with Crippen molar-refractivity contribution in [2.75, 3.05) is 0 Å². The van der Waals surface area contributed by atoms with E-state index in [1.165, 1.54) is 25.7 Å². The van der Waals surface area contributed by atoms with Crippen LogP contribution in [0.4, 0.5) is 0 Å². The zero-order valence-electron chi connectivity index (χ0n) is 11.6. The van der Waals surface area contributed by atoms with Gasteiger partial charge in [-0.05, 0) is 25.5 Å². The van der Waals surface area contributed by atoms with E-state index in [2.05, 4.69) is 23.2 Å². The van der Waals surface area contributed by atoms with Gasteiger partial charge in [-0.15, -0.1) is 0 Å². The molecule has 1 aromatic heterocycles. The Hall–Kier alpha value is -1.68. The normalized spacial score (nSPS) is 11.7. The van der Waals surface area contributed by atoms with Gasteiger partial charge in [0.2, 0.25) is 0 Å². The van der Waals surface area contributed by atoms with Crippen molar-refractivity contribution >= 4 is 10.9 Å². The highest BCUT2D eigenvalue weighted by Crippen LogP contribution is 2.03. The Kier molecular flexibility index (Phi) is 6.82. The highest BCUT2D eigenvalue weighted by molar-refractivity contribution is 5.76. The Balaban J connectivity index is 0.000000203. The summed E-state index contributed by atoms with van der Waals surface area (Å²) in [5, 5.41) is 0.523. The molecule has 0 radical (unpaired) electrons. The van der Waals surface area contributed by atoms with E-state index in [0.717, 1.165) is 6.39 Å². The molecule has 0 spiro atoms. The maximum Gasteiger partial charge on any atom is 0.346 e. The van der Waals surface area contributed by atoms with Gasteiger partial charge < -0.3 is 10.2 Å². The molecule has 2 rings (SSSR count). The van der Waals surface area contributed by atoms with Crippen LogP contribution in [0.25, 0.3) is 10.9 Å². The van der Waals surface area contributed by atoms with Crippen molar-refractivity contribution in [2.45, 2.75) is 45.6 Å². The monoisotopic (exact) mass is 262 g/mol. The zero-order valence-corrected chi connectivity index (χ0v) is 11.6. The molecule has 0 fully saturated rings. The van der Waals surface area contributed by atoms with Crippen molar-refractivity contribution in [2.24, 2.45) is 5.73 Å². The maximum absolute atomic E-state index is 11.0. The number of nitrogens with two attached hydrogens (primary N) is 1. The van der Waals surface area contributed by atoms with Gasteiger partial charge in [-0.25, -0.2) is 9.78 Å². The second-order valence-electron chi connectivity index (χ2n) is 4.63. The molecular weight excluding hydrogens is 240 g/mol. The van der Waals surface area contributed by atoms with Crippen molar-refractivity contribution in [1.82, 2.24) is 4.98 Å². The Morgan fingerprint density at radius 3 is 2.68 bits per heavy atom. The summed E-state index contributed by atoms with van der Waals surface area (Å²) in [5.41, 5.74) is 5.87. The second kappa shape index (κ2) is 8.43. The average Bonchev–Trinajstić information content (AvgIpc) is 2.40. The molecule has 0 saturated heterocycles. The van der Waals surface area contributed by atoms with Crippen molar-refractivity contribution in [3.05, 3.63) is 41.1 Å². The standard InChI is InChI=1S/C8H5NO2.C7H17N/c10-8-6-3-1-2-4-7(6)9-5-11-8;1-3-4-5-6-7(2)8/h1-5H;7H,3-6,8H2,1-2H3. The lowest BCUT2D eigenvalue weighted by Crippen LogP contribution is -2.13. The van der Waals surface area contributed by atoms with E-state index in [4.69, 9.17) is 5.73 Å². The molecule has 1 aromatic carbocycles. The number of unbranched alkanes of at least 4 members (excludes halogenated alkanes) is 2. The number of hydrogen-bond acceptors (Lipinski definition) is 4. The largest absolute Gasteiger partial charge is 0.411 e. The molecule has 0 bridgehead atoms. The van der Waals surface area contributed by atoms with Crippen molar-refractivity contribution in [3.8, 4) is 0 Å². The first-order valence-electron chi connectivity index (χ1n) is 6.73. The molecule has 2 aromatic rings. The van der Waals surface area contributed by atoms with Crippen LogP contribution in [0.5, 0.6) is 0 Å². The molecular formula is C15H22N2O2. The highest BCUT2D eigenvalue weighted by Gasteiger charge is 1.96. The van der Waals surface area contributed by atoms with Gasteiger partial charge in [-0.3, -0.25) is 0 Å². The van der Waals surface area contributed by atoms with Gasteiger partial charge in [-0.1, -0.05) is 38.3 Å². The van der Waals surface area contributed by atoms with Crippen LogP contribution < -0.4 is 11.4 Å². The molecule has 0 saturated carbocycles. The van der Waals surface area contributed by atoms with E-state index in [-0.39, 0.29) is 5.63 Å². The second-order valence-corrected chi connectivity index (χ2v) is 4.63. The van der Waals surface area contributed by atoms with E-state index < -0.39 is 0 Å². The third-order valence-electron chi connectivity index (χ3n) is 2.74. The predicted octanol–water partition coefficient (Wildman–Crippen LogP) is 3.10. The van der Waals surface area contributed by atoms with Crippen LogP contribution in [-0.4, -0.2) is 11.0 Å². The van der Waals surface area contributed by atoms with Crippen molar-refractivity contribution in [3.63, 3.8) is 0 Å². The number of nitrogens with zero attached hydrogens (tertiary/aromatic N) is 1. The first kappa shape index (κ1) is 15.4. The zero-order chi connectivity index (χ0) is 14.1.